The highest BCUT2D eigenvalue weighted by Crippen LogP contribution is 2.16. The molecule has 0 saturated heterocycles. The van der Waals surface area contributed by atoms with Gasteiger partial charge in [-0.05, 0) is 40.0 Å². The van der Waals surface area contributed by atoms with Crippen molar-refractivity contribution in [1.29, 1.82) is 0 Å². The second-order valence-corrected chi connectivity index (χ2v) is 4.76. The second-order valence-electron chi connectivity index (χ2n) is 4.76. The van der Waals surface area contributed by atoms with Crippen LogP contribution in [0.4, 0.5) is 0 Å². The van der Waals surface area contributed by atoms with Crippen molar-refractivity contribution in [2.75, 3.05) is 0 Å². The molecule has 2 aromatic heterocycles. The molecular formula is C14H20N2O2. The van der Waals surface area contributed by atoms with Gasteiger partial charge in [0.1, 0.15) is 11.5 Å². The monoisotopic (exact) mass is 248 g/mol. The number of hydrogen-bond acceptors (Lipinski definition) is 4. The molecule has 2 rings (SSSR count). The molecule has 0 N–H and O–H groups in total. The van der Waals surface area contributed by atoms with Crippen molar-refractivity contribution in [2.45, 2.75) is 53.4 Å². The Kier molecular flexibility index (Phi) is 3.84. The summed E-state index contributed by atoms with van der Waals surface area (Å²) in [7, 11) is 0. The van der Waals surface area contributed by atoms with Crippen LogP contribution in [-0.2, 0) is 12.8 Å². The maximum absolute atomic E-state index is 5.55. The van der Waals surface area contributed by atoms with Crippen LogP contribution in [0, 0.1) is 27.7 Å². The molecule has 2 heterocycles. The van der Waals surface area contributed by atoms with E-state index in [-0.39, 0.29) is 0 Å². The fraction of sp³-hybridized carbons (Fsp3) is 0.571. The van der Waals surface area contributed by atoms with Crippen LogP contribution < -0.4 is 0 Å². The third-order valence-electron chi connectivity index (χ3n) is 3.32. The van der Waals surface area contributed by atoms with Crippen LogP contribution in [0.2, 0.25) is 0 Å². The number of aromatic nitrogens is 2. The molecule has 98 valence electrons. The van der Waals surface area contributed by atoms with E-state index in [4.69, 9.17) is 8.94 Å². The van der Waals surface area contributed by atoms with Crippen LogP contribution in [0.1, 0.15) is 47.2 Å². The second kappa shape index (κ2) is 5.38. The van der Waals surface area contributed by atoms with Crippen LogP contribution in [0.3, 0.4) is 0 Å². The Morgan fingerprint density at radius 1 is 1.00 bits per heavy atom. The SMILES string of the molecule is Cc1nc(C)c(CCCCc2noc(C)c2C)o1. The van der Waals surface area contributed by atoms with Gasteiger partial charge in [-0.3, -0.25) is 0 Å². The molecule has 0 unspecified atom stereocenters. The van der Waals surface area contributed by atoms with E-state index in [2.05, 4.69) is 17.1 Å². The average Bonchev–Trinajstić information content (AvgIpc) is 2.80. The fourth-order valence-corrected chi connectivity index (χ4v) is 2.08. The highest BCUT2D eigenvalue weighted by molar-refractivity contribution is 5.19. The topological polar surface area (TPSA) is 52.1 Å². The molecule has 4 heteroatoms. The standard InChI is InChI=1S/C14H20N2O2/c1-9-11(3)18-16-13(9)7-5-6-8-14-10(2)15-12(4)17-14/h5-8H2,1-4H3. The molecular weight excluding hydrogens is 228 g/mol. The molecule has 2 aromatic rings. The van der Waals surface area contributed by atoms with Gasteiger partial charge in [0.2, 0.25) is 0 Å². The lowest BCUT2D eigenvalue weighted by Crippen LogP contribution is -1.92. The van der Waals surface area contributed by atoms with Gasteiger partial charge in [-0.15, -0.1) is 0 Å². The van der Waals surface area contributed by atoms with Gasteiger partial charge in [0, 0.05) is 18.9 Å². The van der Waals surface area contributed by atoms with E-state index in [1.165, 1.54) is 5.56 Å². The average molecular weight is 248 g/mol. The van der Waals surface area contributed by atoms with Crippen molar-refractivity contribution in [3.05, 3.63) is 34.4 Å². The summed E-state index contributed by atoms with van der Waals surface area (Å²) in [6.45, 7) is 7.90. The Labute approximate surface area is 107 Å². The minimum absolute atomic E-state index is 0.755. The molecule has 0 atom stereocenters. The fourth-order valence-electron chi connectivity index (χ4n) is 2.08. The van der Waals surface area contributed by atoms with Gasteiger partial charge in [-0.2, -0.15) is 0 Å². The predicted octanol–water partition coefficient (Wildman–Crippen LogP) is 3.46. The first-order chi connectivity index (χ1) is 8.58. The van der Waals surface area contributed by atoms with Crippen molar-refractivity contribution < 1.29 is 8.94 Å². The first kappa shape index (κ1) is 12.9. The number of rotatable bonds is 5. The Morgan fingerprint density at radius 3 is 2.28 bits per heavy atom. The minimum atomic E-state index is 0.755. The molecule has 0 radical (unpaired) electrons. The van der Waals surface area contributed by atoms with Gasteiger partial charge >= 0.3 is 0 Å². The normalized spacial score (nSPS) is 11.1. The quantitative estimate of drug-likeness (QED) is 0.760. The number of nitrogens with zero attached hydrogens (tertiary/aromatic N) is 2. The molecule has 0 aromatic carbocycles. The minimum Gasteiger partial charge on any atom is -0.446 e. The van der Waals surface area contributed by atoms with Gasteiger partial charge in [0.05, 0.1) is 11.4 Å². The summed E-state index contributed by atoms with van der Waals surface area (Å²) in [5.41, 5.74) is 3.28. The van der Waals surface area contributed by atoms with E-state index in [0.717, 1.165) is 54.5 Å². The highest BCUT2D eigenvalue weighted by atomic mass is 16.5. The first-order valence-electron chi connectivity index (χ1n) is 6.42. The van der Waals surface area contributed by atoms with Gasteiger partial charge in [0.15, 0.2) is 5.89 Å². The largest absolute Gasteiger partial charge is 0.446 e. The van der Waals surface area contributed by atoms with Crippen molar-refractivity contribution >= 4 is 0 Å². The third-order valence-corrected chi connectivity index (χ3v) is 3.32. The number of oxazole rings is 1. The van der Waals surface area contributed by atoms with Crippen molar-refractivity contribution in [1.82, 2.24) is 10.1 Å². The van der Waals surface area contributed by atoms with Crippen LogP contribution in [0.5, 0.6) is 0 Å². The number of hydrogen-bond donors (Lipinski definition) is 0. The summed E-state index contributed by atoms with van der Waals surface area (Å²) in [6.07, 6.45) is 4.09. The summed E-state index contributed by atoms with van der Waals surface area (Å²) in [5.74, 6) is 2.69. The van der Waals surface area contributed by atoms with Crippen LogP contribution in [0.25, 0.3) is 0 Å². The molecule has 0 aliphatic heterocycles. The lowest BCUT2D eigenvalue weighted by Gasteiger charge is -1.98. The lowest BCUT2D eigenvalue weighted by atomic mass is 10.1. The van der Waals surface area contributed by atoms with E-state index in [1.54, 1.807) is 0 Å². The van der Waals surface area contributed by atoms with E-state index >= 15 is 0 Å². The van der Waals surface area contributed by atoms with E-state index in [1.807, 2.05) is 20.8 Å². The van der Waals surface area contributed by atoms with Gasteiger partial charge in [-0.1, -0.05) is 5.16 Å². The smallest absolute Gasteiger partial charge is 0.191 e. The van der Waals surface area contributed by atoms with Gasteiger partial charge in [-0.25, -0.2) is 4.98 Å². The first-order valence-corrected chi connectivity index (χ1v) is 6.42. The van der Waals surface area contributed by atoms with Gasteiger partial charge in [0.25, 0.3) is 0 Å². The summed E-state index contributed by atoms with van der Waals surface area (Å²) in [5, 5.41) is 4.07. The summed E-state index contributed by atoms with van der Waals surface area (Å²) in [4.78, 5) is 4.27. The van der Waals surface area contributed by atoms with E-state index in [0.29, 0.717) is 0 Å². The van der Waals surface area contributed by atoms with Crippen LogP contribution in [-0.4, -0.2) is 10.1 Å². The van der Waals surface area contributed by atoms with Crippen molar-refractivity contribution in [3.8, 4) is 0 Å². The molecule has 18 heavy (non-hydrogen) atoms. The Balaban J connectivity index is 1.80. The zero-order chi connectivity index (χ0) is 13.1. The summed E-state index contributed by atoms with van der Waals surface area (Å²) < 4.78 is 10.7. The molecule has 0 aliphatic carbocycles. The third kappa shape index (κ3) is 2.81. The highest BCUT2D eigenvalue weighted by Gasteiger charge is 2.09. The zero-order valence-electron chi connectivity index (χ0n) is 11.5. The lowest BCUT2D eigenvalue weighted by molar-refractivity contribution is 0.389. The molecule has 0 spiro atoms. The van der Waals surface area contributed by atoms with Crippen LogP contribution in [0.15, 0.2) is 8.94 Å². The number of aryl methyl sites for hydroxylation is 5. The predicted molar refractivity (Wildman–Crippen MR) is 68.6 cm³/mol. The Morgan fingerprint density at radius 2 is 1.72 bits per heavy atom. The molecule has 0 amide bonds. The van der Waals surface area contributed by atoms with Gasteiger partial charge < -0.3 is 8.94 Å². The molecule has 0 aliphatic rings. The molecule has 0 bridgehead atoms. The van der Waals surface area contributed by atoms with E-state index in [9.17, 15) is 0 Å². The number of unbranched alkanes of at least 4 members (excludes halogenated alkanes) is 1. The Hall–Kier alpha value is -1.58. The van der Waals surface area contributed by atoms with E-state index < -0.39 is 0 Å². The summed E-state index contributed by atoms with van der Waals surface area (Å²) in [6, 6.07) is 0. The van der Waals surface area contributed by atoms with Crippen molar-refractivity contribution in [2.24, 2.45) is 0 Å². The maximum atomic E-state index is 5.55. The molecule has 0 fully saturated rings. The zero-order valence-corrected chi connectivity index (χ0v) is 11.5. The Bertz CT molecular complexity index is 522. The van der Waals surface area contributed by atoms with Crippen LogP contribution >= 0.6 is 0 Å². The summed E-state index contributed by atoms with van der Waals surface area (Å²) >= 11 is 0. The van der Waals surface area contributed by atoms with Crippen molar-refractivity contribution in [3.63, 3.8) is 0 Å². The molecule has 4 nitrogen and oxygen atoms in total. The molecule has 0 saturated carbocycles. The maximum Gasteiger partial charge on any atom is 0.191 e.